The molecule has 0 aliphatic heterocycles. The molecule has 7 nitrogen and oxygen atoms in total. The highest BCUT2D eigenvalue weighted by molar-refractivity contribution is 5.95. The number of carbonyl (C=O) groups is 1. The van der Waals surface area contributed by atoms with Gasteiger partial charge in [-0.25, -0.2) is 0 Å². The van der Waals surface area contributed by atoms with Gasteiger partial charge >= 0.3 is 0 Å². The Bertz CT molecular complexity index is 621. The van der Waals surface area contributed by atoms with Crippen molar-refractivity contribution in [3.63, 3.8) is 0 Å². The summed E-state index contributed by atoms with van der Waals surface area (Å²) in [5, 5.41) is 13.7. The van der Waals surface area contributed by atoms with E-state index in [2.05, 4.69) is 20.8 Å². The quantitative estimate of drug-likeness (QED) is 0.720. The van der Waals surface area contributed by atoms with Gasteiger partial charge in [-0.2, -0.15) is 0 Å². The summed E-state index contributed by atoms with van der Waals surface area (Å²) in [6.45, 7) is 1.97. The van der Waals surface area contributed by atoms with Gasteiger partial charge < -0.3 is 20.9 Å². The molecule has 2 aromatic rings. The van der Waals surface area contributed by atoms with Crippen molar-refractivity contribution < 1.29 is 4.79 Å². The van der Waals surface area contributed by atoms with E-state index in [9.17, 15) is 4.79 Å². The van der Waals surface area contributed by atoms with E-state index in [1.807, 2.05) is 18.5 Å². The third-order valence-electron chi connectivity index (χ3n) is 3.05. The zero-order chi connectivity index (χ0) is 14.7. The zero-order valence-corrected chi connectivity index (χ0v) is 11.7. The fourth-order valence-electron chi connectivity index (χ4n) is 1.96. The Balaban J connectivity index is 2.18. The number of hydrogen-bond acceptors (Lipinski definition) is 5. The van der Waals surface area contributed by atoms with Gasteiger partial charge in [0.15, 0.2) is 5.82 Å². The molecule has 0 saturated heterocycles. The predicted octanol–water partition coefficient (Wildman–Crippen LogP) is 0.930. The van der Waals surface area contributed by atoms with Crippen LogP contribution in [0.4, 0.5) is 11.4 Å². The number of anilines is 2. The summed E-state index contributed by atoms with van der Waals surface area (Å²) in [6.07, 6.45) is 1.64. The van der Waals surface area contributed by atoms with Crippen LogP contribution in [0.3, 0.4) is 0 Å². The van der Waals surface area contributed by atoms with Crippen molar-refractivity contribution in [2.24, 2.45) is 7.05 Å². The van der Waals surface area contributed by atoms with Crippen molar-refractivity contribution in [1.29, 1.82) is 0 Å². The second-order valence-corrected chi connectivity index (χ2v) is 4.55. The molecule has 0 bridgehead atoms. The van der Waals surface area contributed by atoms with Gasteiger partial charge in [0.25, 0.3) is 5.91 Å². The minimum atomic E-state index is -0.162. The van der Waals surface area contributed by atoms with Gasteiger partial charge in [-0.15, -0.1) is 10.2 Å². The monoisotopic (exact) mass is 274 g/mol. The summed E-state index contributed by atoms with van der Waals surface area (Å²) in [5.41, 5.74) is 7.77. The maximum absolute atomic E-state index is 11.5. The van der Waals surface area contributed by atoms with Crippen LogP contribution >= 0.6 is 0 Å². The second-order valence-electron chi connectivity index (χ2n) is 4.55. The first-order chi connectivity index (χ1) is 9.52. The molecular weight excluding hydrogens is 256 g/mol. The van der Waals surface area contributed by atoms with Gasteiger partial charge in [-0.3, -0.25) is 4.79 Å². The molecule has 4 N–H and O–H groups in total. The Morgan fingerprint density at radius 1 is 1.45 bits per heavy atom. The first-order valence-electron chi connectivity index (χ1n) is 6.25. The van der Waals surface area contributed by atoms with Crippen LogP contribution in [0.1, 0.15) is 29.1 Å². The van der Waals surface area contributed by atoms with Gasteiger partial charge in [0, 0.05) is 19.7 Å². The van der Waals surface area contributed by atoms with Gasteiger partial charge in [0.05, 0.1) is 17.4 Å². The first kappa shape index (κ1) is 13.9. The number of benzene rings is 1. The number of aryl methyl sites for hydroxylation is 1. The SMILES string of the molecule is CNC(=O)c1ccc(NC(C)c2nncn2C)c(N)c1. The number of nitrogens with zero attached hydrogens (tertiary/aromatic N) is 3. The van der Waals surface area contributed by atoms with Crippen molar-refractivity contribution in [3.05, 3.63) is 35.9 Å². The number of carbonyl (C=O) groups excluding carboxylic acids is 1. The summed E-state index contributed by atoms with van der Waals surface area (Å²) in [6, 6.07) is 5.11. The van der Waals surface area contributed by atoms with Gasteiger partial charge in [0.1, 0.15) is 6.33 Å². The molecule has 106 valence electrons. The largest absolute Gasteiger partial charge is 0.397 e. The van der Waals surface area contributed by atoms with Crippen LogP contribution < -0.4 is 16.4 Å². The molecule has 0 aliphatic rings. The average molecular weight is 274 g/mol. The smallest absolute Gasteiger partial charge is 0.251 e. The number of aromatic nitrogens is 3. The summed E-state index contributed by atoms with van der Waals surface area (Å²) >= 11 is 0. The van der Waals surface area contributed by atoms with Crippen LogP contribution in [0.25, 0.3) is 0 Å². The lowest BCUT2D eigenvalue weighted by molar-refractivity contribution is 0.0963. The van der Waals surface area contributed by atoms with Crippen LogP contribution in [-0.4, -0.2) is 27.7 Å². The lowest BCUT2D eigenvalue weighted by Gasteiger charge is -2.16. The van der Waals surface area contributed by atoms with E-state index in [-0.39, 0.29) is 11.9 Å². The Labute approximate surface area is 117 Å². The molecular formula is C13H18N6O. The molecule has 20 heavy (non-hydrogen) atoms. The minimum Gasteiger partial charge on any atom is -0.397 e. The normalized spacial score (nSPS) is 11.9. The van der Waals surface area contributed by atoms with Crippen LogP contribution in [0.5, 0.6) is 0 Å². The molecule has 0 spiro atoms. The first-order valence-corrected chi connectivity index (χ1v) is 6.25. The molecule has 0 aliphatic carbocycles. The van der Waals surface area contributed by atoms with E-state index in [0.29, 0.717) is 11.3 Å². The van der Waals surface area contributed by atoms with E-state index >= 15 is 0 Å². The topological polar surface area (TPSA) is 97.9 Å². The molecule has 1 aromatic heterocycles. The standard InChI is InChI=1S/C13H18N6O/c1-8(12-18-16-7-19(12)3)17-11-5-4-9(6-10(11)14)13(20)15-2/h4-8,17H,14H2,1-3H3,(H,15,20). The maximum Gasteiger partial charge on any atom is 0.251 e. The summed E-state index contributed by atoms with van der Waals surface area (Å²) in [5.74, 6) is 0.643. The van der Waals surface area contributed by atoms with Crippen molar-refractivity contribution in [2.45, 2.75) is 13.0 Å². The van der Waals surface area contributed by atoms with Gasteiger partial charge in [0.2, 0.25) is 0 Å². The number of nitrogens with two attached hydrogens (primary N) is 1. The molecule has 0 saturated carbocycles. The fraction of sp³-hybridized carbons (Fsp3) is 0.308. The summed E-state index contributed by atoms with van der Waals surface area (Å²) in [4.78, 5) is 11.5. The zero-order valence-electron chi connectivity index (χ0n) is 11.7. The van der Waals surface area contributed by atoms with Crippen LogP contribution in [0.15, 0.2) is 24.5 Å². The number of hydrogen-bond donors (Lipinski definition) is 3. The number of rotatable bonds is 4. The van der Waals surface area contributed by atoms with E-state index < -0.39 is 0 Å². The minimum absolute atomic E-state index is 0.0457. The second kappa shape index (κ2) is 5.60. The van der Waals surface area contributed by atoms with Crippen molar-refractivity contribution in [3.8, 4) is 0 Å². The molecule has 1 heterocycles. The van der Waals surface area contributed by atoms with Gasteiger partial charge in [-0.05, 0) is 25.1 Å². The van der Waals surface area contributed by atoms with Crippen molar-refractivity contribution >= 4 is 17.3 Å². The summed E-state index contributed by atoms with van der Waals surface area (Å²) < 4.78 is 1.84. The average Bonchev–Trinajstić information content (AvgIpc) is 2.86. The lowest BCUT2D eigenvalue weighted by atomic mass is 10.1. The van der Waals surface area contributed by atoms with Crippen LogP contribution in [0, 0.1) is 0 Å². The van der Waals surface area contributed by atoms with Gasteiger partial charge in [-0.1, -0.05) is 0 Å². The maximum atomic E-state index is 11.5. The number of amides is 1. The Hall–Kier alpha value is -2.57. The molecule has 0 fully saturated rings. The molecule has 1 atom stereocenters. The number of nitrogens with one attached hydrogen (secondary N) is 2. The third-order valence-corrected chi connectivity index (χ3v) is 3.05. The molecule has 2 rings (SSSR count). The number of nitrogen functional groups attached to an aromatic ring is 1. The highest BCUT2D eigenvalue weighted by Crippen LogP contribution is 2.24. The van der Waals surface area contributed by atoms with E-state index in [0.717, 1.165) is 11.5 Å². The predicted molar refractivity (Wildman–Crippen MR) is 77.3 cm³/mol. The Morgan fingerprint density at radius 2 is 2.20 bits per heavy atom. The molecule has 7 heteroatoms. The highest BCUT2D eigenvalue weighted by Gasteiger charge is 2.13. The Morgan fingerprint density at radius 3 is 2.75 bits per heavy atom. The molecule has 1 amide bonds. The Kier molecular flexibility index (Phi) is 3.88. The van der Waals surface area contributed by atoms with Crippen LogP contribution in [-0.2, 0) is 7.05 Å². The van der Waals surface area contributed by atoms with E-state index in [1.165, 1.54) is 0 Å². The molecule has 1 unspecified atom stereocenters. The van der Waals surface area contributed by atoms with Crippen LogP contribution in [0.2, 0.25) is 0 Å². The van der Waals surface area contributed by atoms with E-state index in [1.54, 1.807) is 31.6 Å². The third kappa shape index (κ3) is 2.71. The molecule has 1 aromatic carbocycles. The van der Waals surface area contributed by atoms with Crippen molar-refractivity contribution in [1.82, 2.24) is 20.1 Å². The van der Waals surface area contributed by atoms with Crippen molar-refractivity contribution in [2.75, 3.05) is 18.1 Å². The lowest BCUT2D eigenvalue weighted by Crippen LogP contribution is -2.18. The van der Waals surface area contributed by atoms with E-state index in [4.69, 9.17) is 5.73 Å². The summed E-state index contributed by atoms with van der Waals surface area (Å²) in [7, 11) is 3.46. The fourth-order valence-corrected chi connectivity index (χ4v) is 1.96. The molecule has 0 radical (unpaired) electrons. The highest BCUT2D eigenvalue weighted by atomic mass is 16.1.